The zero-order valence-corrected chi connectivity index (χ0v) is 22.9. The molecule has 2 aromatic rings. The highest BCUT2D eigenvalue weighted by Gasteiger charge is 2.49. The lowest BCUT2D eigenvalue weighted by Crippen LogP contribution is -2.58. The second kappa shape index (κ2) is 11.3. The second-order valence-corrected chi connectivity index (χ2v) is 10.8. The van der Waals surface area contributed by atoms with Crippen LogP contribution in [0.1, 0.15) is 49.0 Å². The average molecular weight is 577 g/mol. The molecule has 0 bridgehead atoms. The van der Waals surface area contributed by atoms with E-state index in [4.69, 9.17) is 26.2 Å². The second-order valence-electron chi connectivity index (χ2n) is 10.4. The molecule has 4 rings (SSSR count). The molecule has 2 aliphatic heterocycles. The maximum Gasteiger partial charge on any atom is 0.412 e. The predicted molar refractivity (Wildman–Crippen MR) is 144 cm³/mol. The standard InChI is InChI=1S/C27H30ClFN4O7/c1-26(2,39-3)13-19(31-22(34)15-5-7-16(8-6-15)30-24(36)37)23(35)33-12-4-11-27(14-33)20-18(32-25(38)40-27)10-9-17(28)21(20)29/h5-10,19,30H,4,11-14H2,1-3H3,(H,31,34)(H,32,38)(H,36,37)/t19-,27-/m0/s1. The smallest absolute Gasteiger partial charge is 0.412 e. The molecule has 1 spiro atoms. The number of ether oxygens (including phenoxy) is 2. The summed E-state index contributed by atoms with van der Waals surface area (Å²) in [6, 6.07) is 7.49. The van der Waals surface area contributed by atoms with Gasteiger partial charge in [-0.3, -0.25) is 20.2 Å². The number of hydrogen-bond donors (Lipinski definition) is 4. The minimum atomic E-state index is -1.46. The van der Waals surface area contributed by atoms with Crippen molar-refractivity contribution in [2.24, 2.45) is 0 Å². The predicted octanol–water partition coefficient (Wildman–Crippen LogP) is 4.56. The van der Waals surface area contributed by atoms with Crippen LogP contribution in [0.5, 0.6) is 0 Å². The van der Waals surface area contributed by atoms with Crippen LogP contribution in [-0.2, 0) is 19.9 Å². The van der Waals surface area contributed by atoms with Crippen LogP contribution in [0, 0.1) is 5.82 Å². The molecule has 2 aliphatic rings. The number of carboxylic acid groups (broad SMARTS) is 1. The van der Waals surface area contributed by atoms with Crippen LogP contribution in [0.2, 0.25) is 5.02 Å². The monoisotopic (exact) mass is 576 g/mol. The molecule has 2 atom stereocenters. The molecule has 13 heteroatoms. The Labute approximate surface area is 234 Å². The van der Waals surface area contributed by atoms with Gasteiger partial charge in [-0.2, -0.15) is 0 Å². The molecule has 214 valence electrons. The van der Waals surface area contributed by atoms with Crippen LogP contribution in [0.15, 0.2) is 36.4 Å². The molecular weight excluding hydrogens is 547 g/mol. The van der Waals surface area contributed by atoms with Gasteiger partial charge < -0.3 is 24.8 Å². The summed E-state index contributed by atoms with van der Waals surface area (Å²) >= 11 is 6.05. The van der Waals surface area contributed by atoms with E-state index >= 15 is 4.39 Å². The Kier molecular flexibility index (Phi) is 8.22. The lowest BCUT2D eigenvalue weighted by Gasteiger charge is -2.46. The van der Waals surface area contributed by atoms with E-state index in [1.54, 1.807) is 13.8 Å². The van der Waals surface area contributed by atoms with Crippen LogP contribution >= 0.6 is 11.6 Å². The molecule has 0 unspecified atom stereocenters. The molecule has 40 heavy (non-hydrogen) atoms. The molecule has 1 saturated heterocycles. The van der Waals surface area contributed by atoms with Crippen LogP contribution in [0.25, 0.3) is 0 Å². The Morgan fingerprint density at radius 1 is 1.25 bits per heavy atom. The van der Waals surface area contributed by atoms with E-state index in [0.717, 1.165) is 0 Å². The number of fused-ring (bicyclic) bond motifs is 2. The quantitative estimate of drug-likeness (QED) is 0.378. The molecule has 0 saturated carbocycles. The van der Waals surface area contributed by atoms with E-state index in [2.05, 4.69) is 16.0 Å². The first kappa shape index (κ1) is 29.1. The van der Waals surface area contributed by atoms with Gasteiger partial charge in [0.2, 0.25) is 5.91 Å². The number of rotatable bonds is 7. The fourth-order valence-corrected chi connectivity index (χ4v) is 5.18. The number of carbonyl (C=O) groups is 4. The van der Waals surface area contributed by atoms with Crippen LogP contribution in [0.3, 0.4) is 0 Å². The number of amides is 4. The van der Waals surface area contributed by atoms with E-state index < -0.39 is 47.1 Å². The van der Waals surface area contributed by atoms with E-state index in [0.29, 0.717) is 13.0 Å². The summed E-state index contributed by atoms with van der Waals surface area (Å²) in [5.74, 6) is -1.75. The van der Waals surface area contributed by atoms with Crippen molar-refractivity contribution in [3.63, 3.8) is 0 Å². The molecular formula is C27H30ClFN4O7. The molecule has 1 fully saturated rings. The highest BCUT2D eigenvalue weighted by Crippen LogP contribution is 2.45. The zero-order valence-electron chi connectivity index (χ0n) is 22.2. The Bertz CT molecular complexity index is 1340. The molecule has 4 N–H and O–H groups in total. The maximum atomic E-state index is 15.3. The number of methoxy groups -OCH3 is 1. The Morgan fingerprint density at radius 2 is 1.95 bits per heavy atom. The van der Waals surface area contributed by atoms with Gasteiger partial charge in [0.15, 0.2) is 11.4 Å². The maximum absolute atomic E-state index is 15.3. The SMILES string of the molecule is COC(C)(C)C[C@H](NC(=O)c1ccc(NC(=O)O)cc1)C(=O)N1CCC[C@@]2(C1)OC(=O)Nc1ccc(Cl)c(F)c12. The lowest BCUT2D eigenvalue weighted by molar-refractivity contribution is -0.143. The van der Waals surface area contributed by atoms with E-state index in [1.807, 2.05) is 0 Å². The fourth-order valence-electron chi connectivity index (χ4n) is 5.03. The Balaban J connectivity index is 1.61. The average Bonchev–Trinajstić information content (AvgIpc) is 2.89. The van der Waals surface area contributed by atoms with E-state index in [1.165, 1.54) is 48.4 Å². The largest absolute Gasteiger partial charge is 0.465 e. The number of piperidine rings is 1. The molecule has 11 nitrogen and oxygen atoms in total. The first-order chi connectivity index (χ1) is 18.8. The van der Waals surface area contributed by atoms with Gasteiger partial charge in [0.25, 0.3) is 5.91 Å². The summed E-state index contributed by atoms with van der Waals surface area (Å²) in [5, 5.41) is 16.2. The summed E-state index contributed by atoms with van der Waals surface area (Å²) in [6.45, 7) is 3.69. The van der Waals surface area contributed by atoms with Gasteiger partial charge in [-0.15, -0.1) is 0 Å². The molecule has 2 aromatic carbocycles. The molecule has 0 radical (unpaired) electrons. The van der Waals surface area contributed by atoms with E-state index in [9.17, 15) is 19.2 Å². The topological polar surface area (TPSA) is 146 Å². The summed E-state index contributed by atoms with van der Waals surface area (Å²) in [6.07, 6.45) is -1.24. The Hall–Kier alpha value is -3.90. The molecule has 0 aromatic heterocycles. The van der Waals surface area contributed by atoms with Crippen molar-refractivity contribution in [2.75, 3.05) is 30.8 Å². The van der Waals surface area contributed by atoms with Gasteiger partial charge in [-0.05, 0) is 63.1 Å². The van der Waals surface area contributed by atoms with Gasteiger partial charge in [0.05, 0.1) is 28.4 Å². The number of anilines is 2. The van der Waals surface area contributed by atoms with Gasteiger partial charge in [0, 0.05) is 31.3 Å². The van der Waals surface area contributed by atoms with Crippen molar-refractivity contribution in [1.29, 1.82) is 0 Å². The lowest BCUT2D eigenvalue weighted by atomic mass is 9.82. The van der Waals surface area contributed by atoms with Crippen molar-refractivity contribution < 1.29 is 38.1 Å². The third kappa shape index (κ3) is 6.13. The minimum absolute atomic E-state index is 0.0740. The van der Waals surface area contributed by atoms with E-state index in [-0.39, 0.29) is 46.9 Å². The number of benzene rings is 2. The molecule has 0 aliphatic carbocycles. The van der Waals surface area contributed by atoms with Gasteiger partial charge in [-0.25, -0.2) is 14.0 Å². The van der Waals surface area contributed by atoms with Crippen molar-refractivity contribution in [3.05, 3.63) is 58.4 Å². The number of nitrogens with zero attached hydrogens (tertiary/aromatic N) is 1. The first-order valence-electron chi connectivity index (χ1n) is 12.6. The third-order valence-corrected chi connectivity index (χ3v) is 7.38. The van der Waals surface area contributed by atoms with Crippen LogP contribution in [-0.4, -0.2) is 65.8 Å². The highest BCUT2D eigenvalue weighted by molar-refractivity contribution is 6.31. The van der Waals surface area contributed by atoms with Crippen molar-refractivity contribution >= 4 is 47.0 Å². The normalized spacial score (nSPS) is 19.2. The van der Waals surface area contributed by atoms with Crippen molar-refractivity contribution in [1.82, 2.24) is 10.2 Å². The minimum Gasteiger partial charge on any atom is -0.465 e. The van der Waals surface area contributed by atoms with Gasteiger partial charge in [0.1, 0.15) is 6.04 Å². The third-order valence-electron chi connectivity index (χ3n) is 7.09. The van der Waals surface area contributed by atoms with Crippen molar-refractivity contribution in [3.8, 4) is 0 Å². The van der Waals surface area contributed by atoms with Gasteiger partial charge in [-0.1, -0.05) is 11.6 Å². The van der Waals surface area contributed by atoms with Crippen molar-refractivity contribution in [2.45, 2.75) is 50.4 Å². The summed E-state index contributed by atoms with van der Waals surface area (Å²) in [4.78, 5) is 51.8. The molecule has 2 heterocycles. The summed E-state index contributed by atoms with van der Waals surface area (Å²) < 4.78 is 26.4. The zero-order chi connectivity index (χ0) is 29.2. The number of halogens is 2. The number of hydrogen-bond acceptors (Lipinski definition) is 6. The molecule has 4 amide bonds. The van der Waals surface area contributed by atoms with Crippen LogP contribution in [0.4, 0.5) is 25.4 Å². The van der Waals surface area contributed by atoms with Gasteiger partial charge >= 0.3 is 12.2 Å². The Morgan fingerprint density at radius 3 is 2.60 bits per heavy atom. The number of likely N-dealkylation sites (tertiary alicyclic amines) is 1. The summed E-state index contributed by atoms with van der Waals surface area (Å²) in [7, 11) is 1.49. The number of carbonyl (C=O) groups excluding carboxylic acids is 3. The highest BCUT2D eigenvalue weighted by atomic mass is 35.5. The van der Waals surface area contributed by atoms with Crippen LogP contribution < -0.4 is 16.0 Å². The first-order valence-corrected chi connectivity index (χ1v) is 13.0. The summed E-state index contributed by atoms with van der Waals surface area (Å²) in [5.41, 5.74) is -1.48. The fraction of sp³-hybridized carbons (Fsp3) is 0.407. The number of nitrogens with one attached hydrogen (secondary N) is 3.